The predicted molar refractivity (Wildman–Crippen MR) is 82.9 cm³/mol. The smallest absolute Gasteiger partial charge is 0.0142 e. The lowest BCUT2D eigenvalue weighted by atomic mass is 9.74. The largest absolute Gasteiger partial charge is 0.313 e. The fraction of sp³-hybridized carbons (Fsp3) is 0.368. The van der Waals surface area contributed by atoms with E-state index < -0.39 is 0 Å². The van der Waals surface area contributed by atoms with Gasteiger partial charge in [0.2, 0.25) is 0 Å². The Morgan fingerprint density at radius 3 is 2.65 bits per heavy atom. The molecule has 0 bridgehead atoms. The number of hydrogen-bond donors (Lipinski definition) is 1. The lowest BCUT2D eigenvalue weighted by Gasteiger charge is -2.30. The summed E-state index contributed by atoms with van der Waals surface area (Å²) in [5.41, 5.74) is 4.65. The van der Waals surface area contributed by atoms with Crippen molar-refractivity contribution in [2.75, 3.05) is 6.54 Å². The second kappa shape index (κ2) is 5.06. The quantitative estimate of drug-likeness (QED) is 0.873. The van der Waals surface area contributed by atoms with Crippen molar-refractivity contribution in [3.8, 4) is 0 Å². The average Bonchev–Trinajstić information content (AvgIpc) is 2.92. The number of benzene rings is 2. The molecule has 1 aliphatic carbocycles. The summed E-state index contributed by atoms with van der Waals surface area (Å²) in [5, 5.41) is 3.79. The molecule has 0 saturated carbocycles. The number of rotatable bonds is 2. The molecule has 2 aliphatic rings. The van der Waals surface area contributed by atoms with Crippen LogP contribution in [-0.2, 0) is 12.8 Å². The molecule has 3 atom stereocenters. The molecule has 1 aliphatic heterocycles. The summed E-state index contributed by atoms with van der Waals surface area (Å²) in [6.45, 7) is 1.15. The Balaban J connectivity index is 1.57. The van der Waals surface area contributed by atoms with E-state index in [0.717, 1.165) is 18.4 Å². The van der Waals surface area contributed by atoms with Crippen LogP contribution in [0.4, 0.5) is 0 Å². The lowest BCUT2D eigenvalue weighted by molar-refractivity contribution is 0.373. The summed E-state index contributed by atoms with van der Waals surface area (Å²) in [6.07, 6.45) is 3.76. The van der Waals surface area contributed by atoms with Crippen molar-refractivity contribution in [3.05, 3.63) is 71.3 Å². The molecular weight excluding hydrogens is 242 g/mol. The van der Waals surface area contributed by atoms with E-state index in [1.807, 2.05) is 0 Å². The average molecular weight is 263 g/mol. The van der Waals surface area contributed by atoms with E-state index in [-0.39, 0.29) is 0 Å². The van der Waals surface area contributed by atoms with Crippen molar-refractivity contribution >= 4 is 0 Å². The molecule has 1 fully saturated rings. The van der Waals surface area contributed by atoms with Crippen molar-refractivity contribution in [2.24, 2.45) is 5.92 Å². The fourth-order valence-corrected chi connectivity index (χ4v) is 4.14. The van der Waals surface area contributed by atoms with Crippen LogP contribution in [0.2, 0.25) is 0 Å². The Labute approximate surface area is 121 Å². The lowest BCUT2D eigenvalue weighted by Crippen LogP contribution is -2.31. The fourth-order valence-electron chi connectivity index (χ4n) is 4.14. The standard InChI is InChI=1S/C19H21N/c1-2-6-14(7-3-1)12-19-17-11-10-15-8-4-5-9-16(15)18(17)13-20-19/h1-9,17-20H,10-13H2. The summed E-state index contributed by atoms with van der Waals surface area (Å²) >= 11 is 0. The zero-order valence-electron chi connectivity index (χ0n) is 11.8. The van der Waals surface area contributed by atoms with Gasteiger partial charge in [-0.25, -0.2) is 0 Å². The third-order valence-corrected chi connectivity index (χ3v) is 5.13. The van der Waals surface area contributed by atoms with E-state index in [1.165, 1.54) is 24.8 Å². The van der Waals surface area contributed by atoms with Crippen LogP contribution in [0.15, 0.2) is 54.6 Å². The van der Waals surface area contributed by atoms with Crippen LogP contribution in [0.5, 0.6) is 0 Å². The maximum Gasteiger partial charge on any atom is 0.0142 e. The van der Waals surface area contributed by atoms with Gasteiger partial charge in [0.25, 0.3) is 0 Å². The molecule has 0 radical (unpaired) electrons. The Kier molecular flexibility index (Phi) is 3.08. The topological polar surface area (TPSA) is 12.0 Å². The van der Waals surface area contributed by atoms with Crippen molar-refractivity contribution in [1.29, 1.82) is 0 Å². The molecule has 4 rings (SSSR count). The number of fused-ring (bicyclic) bond motifs is 3. The molecule has 1 heterocycles. The van der Waals surface area contributed by atoms with Crippen LogP contribution in [-0.4, -0.2) is 12.6 Å². The van der Waals surface area contributed by atoms with Crippen LogP contribution in [0.1, 0.15) is 29.0 Å². The molecular formula is C19H21N. The second-order valence-corrected chi connectivity index (χ2v) is 6.21. The Bertz CT molecular complexity index is 590. The van der Waals surface area contributed by atoms with Gasteiger partial charge in [0.15, 0.2) is 0 Å². The van der Waals surface area contributed by atoms with Gasteiger partial charge < -0.3 is 5.32 Å². The molecule has 0 spiro atoms. The molecule has 2 aromatic rings. The first-order chi connectivity index (χ1) is 9.92. The molecule has 1 saturated heterocycles. The predicted octanol–water partition coefficient (Wildman–Crippen LogP) is 3.55. The monoisotopic (exact) mass is 263 g/mol. The summed E-state index contributed by atoms with van der Waals surface area (Å²) in [7, 11) is 0. The maximum atomic E-state index is 3.79. The summed E-state index contributed by atoms with van der Waals surface area (Å²) in [4.78, 5) is 0. The highest BCUT2D eigenvalue weighted by atomic mass is 15.0. The molecule has 3 unspecified atom stereocenters. The normalized spacial score (nSPS) is 27.9. The van der Waals surface area contributed by atoms with Gasteiger partial charge in [-0.3, -0.25) is 0 Å². The molecule has 0 amide bonds. The summed E-state index contributed by atoms with van der Waals surface area (Å²) in [6, 6.07) is 20.6. The molecule has 2 aromatic carbocycles. The maximum absolute atomic E-state index is 3.79. The zero-order valence-corrected chi connectivity index (χ0v) is 11.8. The van der Waals surface area contributed by atoms with E-state index >= 15 is 0 Å². The van der Waals surface area contributed by atoms with Crippen LogP contribution in [0.25, 0.3) is 0 Å². The number of aryl methyl sites for hydroxylation is 1. The van der Waals surface area contributed by atoms with E-state index in [9.17, 15) is 0 Å². The van der Waals surface area contributed by atoms with Gasteiger partial charge in [-0.2, -0.15) is 0 Å². The third-order valence-electron chi connectivity index (χ3n) is 5.13. The van der Waals surface area contributed by atoms with E-state index in [2.05, 4.69) is 59.9 Å². The Morgan fingerprint density at radius 2 is 1.75 bits per heavy atom. The first kappa shape index (κ1) is 12.2. The van der Waals surface area contributed by atoms with Crippen LogP contribution in [0.3, 0.4) is 0 Å². The van der Waals surface area contributed by atoms with Crippen molar-refractivity contribution in [1.82, 2.24) is 5.32 Å². The highest BCUT2D eigenvalue weighted by Gasteiger charge is 2.39. The number of hydrogen-bond acceptors (Lipinski definition) is 1. The van der Waals surface area contributed by atoms with Gasteiger partial charge in [0.1, 0.15) is 0 Å². The van der Waals surface area contributed by atoms with Crippen LogP contribution in [0, 0.1) is 5.92 Å². The van der Waals surface area contributed by atoms with Gasteiger partial charge in [0, 0.05) is 18.5 Å². The summed E-state index contributed by atoms with van der Waals surface area (Å²) in [5.74, 6) is 1.54. The molecule has 102 valence electrons. The van der Waals surface area contributed by atoms with Gasteiger partial charge in [-0.05, 0) is 41.9 Å². The Hall–Kier alpha value is -1.60. The van der Waals surface area contributed by atoms with Crippen LogP contribution < -0.4 is 5.32 Å². The van der Waals surface area contributed by atoms with E-state index in [1.54, 1.807) is 11.1 Å². The van der Waals surface area contributed by atoms with Crippen molar-refractivity contribution in [3.63, 3.8) is 0 Å². The van der Waals surface area contributed by atoms with Crippen molar-refractivity contribution < 1.29 is 0 Å². The van der Waals surface area contributed by atoms with Crippen LogP contribution >= 0.6 is 0 Å². The van der Waals surface area contributed by atoms with E-state index in [4.69, 9.17) is 0 Å². The minimum Gasteiger partial charge on any atom is -0.313 e. The van der Waals surface area contributed by atoms with E-state index in [0.29, 0.717) is 6.04 Å². The zero-order chi connectivity index (χ0) is 13.4. The highest BCUT2D eigenvalue weighted by molar-refractivity contribution is 5.35. The number of nitrogens with one attached hydrogen (secondary N) is 1. The molecule has 0 aromatic heterocycles. The van der Waals surface area contributed by atoms with Gasteiger partial charge in [-0.1, -0.05) is 54.6 Å². The third kappa shape index (κ3) is 2.06. The molecule has 1 nitrogen and oxygen atoms in total. The second-order valence-electron chi connectivity index (χ2n) is 6.21. The summed E-state index contributed by atoms with van der Waals surface area (Å²) < 4.78 is 0. The van der Waals surface area contributed by atoms with Gasteiger partial charge in [-0.15, -0.1) is 0 Å². The Morgan fingerprint density at radius 1 is 0.950 bits per heavy atom. The molecule has 1 N–H and O–H groups in total. The molecule has 20 heavy (non-hydrogen) atoms. The van der Waals surface area contributed by atoms with Gasteiger partial charge >= 0.3 is 0 Å². The minimum atomic E-state index is 0.649. The minimum absolute atomic E-state index is 0.649. The first-order valence-electron chi connectivity index (χ1n) is 7.77. The van der Waals surface area contributed by atoms with Crippen molar-refractivity contribution in [2.45, 2.75) is 31.2 Å². The highest BCUT2D eigenvalue weighted by Crippen LogP contribution is 2.41. The SMILES string of the molecule is c1ccc(CC2NCC3c4ccccc4CCC23)cc1. The van der Waals surface area contributed by atoms with Gasteiger partial charge in [0.05, 0.1) is 0 Å². The first-order valence-corrected chi connectivity index (χ1v) is 7.77. The molecule has 1 heteroatoms.